The average molecular weight is 315 g/mol. The summed E-state index contributed by atoms with van der Waals surface area (Å²) in [5.41, 5.74) is 0.195. The van der Waals surface area contributed by atoms with Crippen LogP contribution in [-0.4, -0.2) is 21.7 Å². The van der Waals surface area contributed by atoms with Gasteiger partial charge in [0, 0.05) is 24.4 Å². The van der Waals surface area contributed by atoms with Gasteiger partial charge in [-0.05, 0) is 26.3 Å². The van der Waals surface area contributed by atoms with Crippen LogP contribution in [0.1, 0.15) is 48.5 Å². The molecular formula is C18H21NO4. The van der Waals surface area contributed by atoms with E-state index in [2.05, 4.69) is 4.98 Å². The van der Waals surface area contributed by atoms with Gasteiger partial charge in [-0.15, -0.1) is 0 Å². The minimum absolute atomic E-state index is 0.0436. The van der Waals surface area contributed by atoms with Crippen molar-refractivity contribution in [3.8, 4) is 0 Å². The van der Waals surface area contributed by atoms with Crippen LogP contribution in [0, 0.1) is 0 Å². The number of hydrogen-bond acceptors (Lipinski definition) is 4. The number of hydrogen-bond donors (Lipinski definition) is 2. The summed E-state index contributed by atoms with van der Waals surface area (Å²) in [4.78, 5) is 26.9. The molecule has 0 amide bonds. The van der Waals surface area contributed by atoms with Crippen molar-refractivity contribution in [3.05, 3.63) is 69.6 Å². The minimum Gasteiger partial charge on any atom is -0.456 e. The molecule has 1 unspecified atom stereocenters. The van der Waals surface area contributed by atoms with Crippen LogP contribution in [0.3, 0.4) is 0 Å². The summed E-state index contributed by atoms with van der Waals surface area (Å²) in [6.07, 6.45) is 0.872. The Morgan fingerprint density at radius 1 is 1.26 bits per heavy atom. The van der Waals surface area contributed by atoms with Crippen LogP contribution in [0.2, 0.25) is 0 Å². The lowest BCUT2D eigenvalue weighted by Gasteiger charge is -2.19. The maximum absolute atomic E-state index is 12.1. The van der Waals surface area contributed by atoms with Crippen LogP contribution in [0.25, 0.3) is 0 Å². The zero-order valence-electron chi connectivity index (χ0n) is 13.5. The van der Waals surface area contributed by atoms with Gasteiger partial charge in [-0.2, -0.15) is 0 Å². The third kappa shape index (κ3) is 4.79. The Bertz CT molecular complexity index is 729. The number of rotatable bonds is 4. The van der Waals surface area contributed by atoms with Crippen molar-refractivity contribution < 1.29 is 14.6 Å². The largest absolute Gasteiger partial charge is 0.456 e. The number of aromatic amines is 1. The van der Waals surface area contributed by atoms with Crippen molar-refractivity contribution in [2.45, 2.75) is 38.9 Å². The van der Waals surface area contributed by atoms with E-state index in [4.69, 9.17) is 4.74 Å². The van der Waals surface area contributed by atoms with Gasteiger partial charge in [-0.25, -0.2) is 4.79 Å². The summed E-state index contributed by atoms with van der Waals surface area (Å²) in [6.45, 7) is 5.22. The highest BCUT2D eigenvalue weighted by atomic mass is 16.6. The quantitative estimate of drug-likeness (QED) is 0.850. The predicted octanol–water partition coefficient (Wildman–Crippen LogP) is 2.61. The van der Waals surface area contributed by atoms with E-state index < -0.39 is 23.1 Å². The molecule has 2 aromatic rings. The van der Waals surface area contributed by atoms with Crippen LogP contribution in [0.4, 0.5) is 0 Å². The molecule has 2 rings (SSSR count). The molecule has 5 nitrogen and oxygen atoms in total. The number of carbonyl (C=O) groups excluding carboxylic acids is 1. The Labute approximate surface area is 134 Å². The fraction of sp³-hybridized carbons (Fsp3) is 0.333. The van der Waals surface area contributed by atoms with Crippen molar-refractivity contribution >= 4 is 5.97 Å². The number of benzene rings is 1. The molecule has 1 aromatic carbocycles. The van der Waals surface area contributed by atoms with Gasteiger partial charge in [-0.3, -0.25) is 4.79 Å². The van der Waals surface area contributed by atoms with E-state index in [0.717, 1.165) is 5.56 Å². The molecule has 0 fully saturated rings. The highest BCUT2D eigenvalue weighted by Gasteiger charge is 2.20. The second kappa shape index (κ2) is 6.79. The Kier molecular flexibility index (Phi) is 5.01. The lowest BCUT2D eigenvalue weighted by molar-refractivity contribution is 0.00676. The van der Waals surface area contributed by atoms with Gasteiger partial charge in [0.15, 0.2) is 5.43 Å². The molecule has 0 saturated carbocycles. The number of pyridine rings is 1. The third-order valence-corrected chi connectivity index (χ3v) is 3.19. The highest BCUT2D eigenvalue weighted by Crippen LogP contribution is 2.16. The van der Waals surface area contributed by atoms with Gasteiger partial charge in [-0.1, -0.05) is 30.3 Å². The number of aliphatic hydroxyl groups excluding tert-OH is 1. The smallest absolute Gasteiger partial charge is 0.344 e. The molecule has 23 heavy (non-hydrogen) atoms. The van der Waals surface area contributed by atoms with Crippen LogP contribution >= 0.6 is 0 Å². The minimum atomic E-state index is -0.723. The topological polar surface area (TPSA) is 79.4 Å². The van der Waals surface area contributed by atoms with E-state index in [1.807, 2.05) is 30.3 Å². The normalized spacial score (nSPS) is 12.7. The molecule has 5 heteroatoms. The first-order chi connectivity index (χ1) is 10.8. The molecule has 0 aliphatic carbocycles. The standard InChI is InChI=1S/C18H21NO4/c1-18(2,3)23-17(22)14-11-19-13(10-16(14)21)9-15(20)12-7-5-4-6-8-12/h4-8,10-11,15,20H,9H2,1-3H3,(H,19,21). The van der Waals surface area contributed by atoms with E-state index in [0.29, 0.717) is 5.69 Å². The van der Waals surface area contributed by atoms with Crippen molar-refractivity contribution in [1.82, 2.24) is 4.98 Å². The molecule has 0 aliphatic rings. The zero-order chi connectivity index (χ0) is 17.0. The fourth-order valence-electron chi connectivity index (χ4n) is 2.13. The number of esters is 1. The Hall–Kier alpha value is -2.40. The van der Waals surface area contributed by atoms with Crippen LogP contribution < -0.4 is 5.43 Å². The van der Waals surface area contributed by atoms with Gasteiger partial charge < -0.3 is 14.8 Å². The van der Waals surface area contributed by atoms with Crippen molar-refractivity contribution in [1.29, 1.82) is 0 Å². The number of aliphatic hydroxyl groups is 1. The lowest BCUT2D eigenvalue weighted by Crippen LogP contribution is -2.27. The Balaban J connectivity index is 2.13. The maximum Gasteiger partial charge on any atom is 0.344 e. The summed E-state index contributed by atoms with van der Waals surface area (Å²) in [7, 11) is 0. The SMILES string of the molecule is CC(C)(C)OC(=O)c1c[nH]c(CC(O)c2ccccc2)cc1=O. The number of aromatic nitrogens is 1. The monoisotopic (exact) mass is 315 g/mol. The van der Waals surface area contributed by atoms with Crippen molar-refractivity contribution in [2.75, 3.05) is 0 Å². The van der Waals surface area contributed by atoms with Crippen LogP contribution in [0.15, 0.2) is 47.4 Å². The van der Waals surface area contributed by atoms with E-state index in [9.17, 15) is 14.7 Å². The molecule has 0 bridgehead atoms. The van der Waals surface area contributed by atoms with Crippen molar-refractivity contribution in [3.63, 3.8) is 0 Å². The molecule has 0 saturated heterocycles. The molecule has 1 heterocycles. The van der Waals surface area contributed by atoms with Gasteiger partial charge in [0.05, 0.1) is 6.10 Å². The number of nitrogens with one attached hydrogen (secondary N) is 1. The number of H-pyrrole nitrogens is 1. The highest BCUT2D eigenvalue weighted by molar-refractivity contribution is 5.89. The van der Waals surface area contributed by atoms with Crippen LogP contribution in [-0.2, 0) is 11.2 Å². The number of carbonyl (C=O) groups is 1. The predicted molar refractivity (Wildman–Crippen MR) is 87.3 cm³/mol. The zero-order valence-corrected chi connectivity index (χ0v) is 13.5. The molecule has 2 N–H and O–H groups in total. The molecule has 1 atom stereocenters. The van der Waals surface area contributed by atoms with Gasteiger partial charge in [0.1, 0.15) is 11.2 Å². The average Bonchev–Trinajstić information content (AvgIpc) is 2.46. The summed E-state index contributed by atoms with van der Waals surface area (Å²) in [6, 6.07) is 10.5. The van der Waals surface area contributed by atoms with E-state index in [1.54, 1.807) is 20.8 Å². The van der Waals surface area contributed by atoms with Gasteiger partial charge in [0.25, 0.3) is 0 Å². The van der Waals surface area contributed by atoms with Gasteiger partial charge >= 0.3 is 5.97 Å². The van der Waals surface area contributed by atoms with E-state index >= 15 is 0 Å². The molecule has 0 radical (unpaired) electrons. The first-order valence-corrected chi connectivity index (χ1v) is 7.44. The molecular weight excluding hydrogens is 294 g/mol. The Morgan fingerprint density at radius 2 is 1.91 bits per heavy atom. The maximum atomic E-state index is 12.1. The molecule has 0 spiro atoms. The lowest BCUT2D eigenvalue weighted by atomic mass is 10.0. The van der Waals surface area contributed by atoms with Crippen LogP contribution in [0.5, 0.6) is 0 Å². The summed E-state index contributed by atoms with van der Waals surface area (Å²) < 4.78 is 5.19. The molecule has 0 aliphatic heterocycles. The Morgan fingerprint density at radius 3 is 2.48 bits per heavy atom. The first kappa shape index (κ1) is 17.0. The summed E-state index contributed by atoms with van der Waals surface area (Å²) in [5.74, 6) is -0.658. The van der Waals surface area contributed by atoms with E-state index in [-0.39, 0.29) is 12.0 Å². The molecule has 122 valence electrons. The summed E-state index contributed by atoms with van der Waals surface area (Å²) in [5, 5.41) is 10.2. The van der Waals surface area contributed by atoms with Gasteiger partial charge in [0.2, 0.25) is 0 Å². The van der Waals surface area contributed by atoms with E-state index in [1.165, 1.54) is 12.3 Å². The second-order valence-electron chi connectivity index (χ2n) is 6.37. The summed E-state index contributed by atoms with van der Waals surface area (Å²) >= 11 is 0. The fourth-order valence-corrected chi connectivity index (χ4v) is 2.13. The molecule has 1 aromatic heterocycles. The van der Waals surface area contributed by atoms with Crippen molar-refractivity contribution in [2.24, 2.45) is 0 Å². The first-order valence-electron chi connectivity index (χ1n) is 7.44. The second-order valence-corrected chi connectivity index (χ2v) is 6.37. The third-order valence-electron chi connectivity index (χ3n) is 3.19. The number of ether oxygens (including phenoxy) is 1.